The molecule has 0 spiro atoms. The lowest BCUT2D eigenvalue weighted by Gasteiger charge is -2.09. The fraction of sp³-hybridized carbons (Fsp3) is 0.217. The number of aliphatic hydroxyl groups is 1. The van der Waals surface area contributed by atoms with Gasteiger partial charge < -0.3 is 20.7 Å². The van der Waals surface area contributed by atoms with E-state index in [9.17, 15) is 8.42 Å². The van der Waals surface area contributed by atoms with E-state index >= 15 is 0 Å². The van der Waals surface area contributed by atoms with Crippen molar-refractivity contribution in [1.82, 2.24) is 0 Å². The molecule has 3 aromatic rings. The van der Waals surface area contributed by atoms with Gasteiger partial charge in [-0.25, -0.2) is 8.42 Å². The fourth-order valence-electron chi connectivity index (χ4n) is 2.43. The molecule has 0 heterocycles. The van der Waals surface area contributed by atoms with E-state index in [1.165, 1.54) is 17.7 Å². The van der Waals surface area contributed by atoms with Crippen molar-refractivity contribution in [3.8, 4) is 11.5 Å². The van der Waals surface area contributed by atoms with Crippen molar-refractivity contribution in [1.29, 1.82) is 0 Å². The van der Waals surface area contributed by atoms with Gasteiger partial charge in [0.25, 0.3) is 10.0 Å². The minimum Gasteiger partial charge on any atom is -0.508 e. The molecule has 0 aromatic heterocycles. The fourth-order valence-corrected chi connectivity index (χ4v) is 3.50. The molecule has 0 saturated heterocycles. The second-order valence-corrected chi connectivity index (χ2v) is 8.35. The van der Waals surface area contributed by atoms with Crippen LogP contribution in [-0.4, -0.2) is 37.9 Å². The first-order chi connectivity index (χ1) is 14.8. The Bertz CT molecular complexity index is 1010. The topological polar surface area (TPSA) is 122 Å². The smallest absolute Gasteiger partial charge is 0.261 e. The molecule has 0 radical (unpaired) electrons. The third-order valence-corrected chi connectivity index (χ3v) is 5.62. The molecule has 0 aliphatic heterocycles. The first-order valence-corrected chi connectivity index (χ1v) is 11.3. The van der Waals surface area contributed by atoms with E-state index in [1.54, 1.807) is 54.6 Å². The summed E-state index contributed by atoms with van der Waals surface area (Å²) in [7, 11) is -3.48. The highest BCUT2D eigenvalue weighted by atomic mass is 32.2. The van der Waals surface area contributed by atoms with Crippen LogP contribution in [0.4, 0.5) is 5.69 Å². The highest BCUT2D eigenvalue weighted by Crippen LogP contribution is 2.17. The first-order valence-electron chi connectivity index (χ1n) is 9.81. The van der Waals surface area contributed by atoms with Gasteiger partial charge in [-0.1, -0.05) is 37.3 Å². The van der Waals surface area contributed by atoms with E-state index in [4.69, 9.17) is 20.7 Å². The Hall–Kier alpha value is -3.07. The van der Waals surface area contributed by atoms with Crippen molar-refractivity contribution in [3.63, 3.8) is 0 Å². The standard InChI is InChI=1S/C14H15NO2S.C9H13NO3/c1-2-12-8-10-13(11-9-12)15-18(16,17)14-6-4-3-5-7-14;10-5-8(12)6-13-9-3-1-7(11)2-4-9/h3-11,15H,2H2,1H3;1-4,8,11-12H,5-6,10H2. The van der Waals surface area contributed by atoms with E-state index in [0.717, 1.165) is 6.42 Å². The van der Waals surface area contributed by atoms with Gasteiger partial charge in [0, 0.05) is 12.2 Å². The quantitative estimate of drug-likeness (QED) is 0.423. The Kier molecular flexibility index (Phi) is 9.33. The molecule has 0 aliphatic carbocycles. The summed E-state index contributed by atoms with van der Waals surface area (Å²) >= 11 is 0. The molecule has 166 valence electrons. The van der Waals surface area contributed by atoms with Crippen molar-refractivity contribution in [2.24, 2.45) is 5.73 Å². The van der Waals surface area contributed by atoms with Gasteiger partial charge in [0.2, 0.25) is 0 Å². The van der Waals surface area contributed by atoms with Crippen LogP contribution in [0.2, 0.25) is 0 Å². The maximum absolute atomic E-state index is 12.0. The number of nitrogens with two attached hydrogens (primary N) is 1. The number of hydrogen-bond donors (Lipinski definition) is 4. The third kappa shape index (κ3) is 8.29. The molecule has 7 nitrogen and oxygen atoms in total. The van der Waals surface area contributed by atoms with Gasteiger partial charge in [0.15, 0.2) is 0 Å². The molecule has 0 fully saturated rings. The zero-order valence-electron chi connectivity index (χ0n) is 17.3. The lowest BCUT2D eigenvalue weighted by molar-refractivity contribution is 0.114. The Morgan fingerprint density at radius 2 is 1.58 bits per heavy atom. The van der Waals surface area contributed by atoms with Crippen molar-refractivity contribution in [3.05, 3.63) is 84.4 Å². The number of phenols is 1. The van der Waals surface area contributed by atoms with Crippen LogP contribution in [0.3, 0.4) is 0 Å². The van der Waals surface area contributed by atoms with Gasteiger partial charge in [-0.3, -0.25) is 4.72 Å². The predicted molar refractivity (Wildman–Crippen MR) is 122 cm³/mol. The Morgan fingerprint density at radius 1 is 0.968 bits per heavy atom. The molecule has 0 bridgehead atoms. The van der Waals surface area contributed by atoms with E-state index in [1.807, 2.05) is 12.1 Å². The van der Waals surface area contributed by atoms with Crippen LogP contribution in [0, 0.1) is 0 Å². The Balaban J connectivity index is 0.000000233. The van der Waals surface area contributed by atoms with Crippen molar-refractivity contribution < 1.29 is 23.4 Å². The summed E-state index contributed by atoms with van der Waals surface area (Å²) in [6.07, 6.45) is 0.292. The van der Waals surface area contributed by atoms with Crippen molar-refractivity contribution in [2.45, 2.75) is 24.3 Å². The number of hydrogen-bond acceptors (Lipinski definition) is 6. The molecule has 0 amide bonds. The lowest BCUT2D eigenvalue weighted by atomic mass is 10.2. The van der Waals surface area contributed by atoms with Gasteiger partial charge in [-0.15, -0.1) is 0 Å². The largest absolute Gasteiger partial charge is 0.508 e. The van der Waals surface area contributed by atoms with Crippen molar-refractivity contribution in [2.75, 3.05) is 17.9 Å². The number of phenolic OH excluding ortho intramolecular Hbond substituents is 1. The number of ether oxygens (including phenoxy) is 1. The van der Waals surface area contributed by atoms with E-state index in [2.05, 4.69) is 11.6 Å². The zero-order valence-corrected chi connectivity index (χ0v) is 18.1. The highest BCUT2D eigenvalue weighted by Gasteiger charge is 2.12. The SMILES string of the molecule is CCc1ccc(NS(=O)(=O)c2ccccc2)cc1.NCC(O)COc1ccc(O)cc1. The Labute approximate surface area is 183 Å². The number of sulfonamides is 1. The molecule has 5 N–H and O–H groups in total. The lowest BCUT2D eigenvalue weighted by Crippen LogP contribution is -2.26. The van der Waals surface area contributed by atoms with Gasteiger partial charge in [-0.2, -0.15) is 0 Å². The molecule has 31 heavy (non-hydrogen) atoms. The average Bonchev–Trinajstić information content (AvgIpc) is 2.80. The van der Waals surface area contributed by atoms with Gasteiger partial charge in [0.05, 0.1) is 4.90 Å². The van der Waals surface area contributed by atoms with Gasteiger partial charge in [0.1, 0.15) is 24.2 Å². The van der Waals surface area contributed by atoms with E-state index in [0.29, 0.717) is 11.4 Å². The molecule has 3 rings (SSSR count). The molecule has 1 atom stereocenters. The van der Waals surface area contributed by atoms with E-state index in [-0.39, 0.29) is 23.8 Å². The van der Waals surface area contributed by atoms with Crippen LogP contribution in [0.15, 0.2) is 83.8 Å². The minimum absolute atomic E-state index is 0.168. The van der Waals surface area contributed by atoms with Crippen LogP contribution < -0.4 is 15.2 Å². The summed E-state index contributed by atoms with van der Waals surface area (Å²) in [6, 6.07) is 22.0. The second kappa shape index (κ2) is 11.9. The predicted octanol–water partition coefficient (Wildman–Crippen LogP) is 3.14. The maximum Gasteiger partial charge on any atom is 0.261 e. The summed E-state index contributed by atoms with van der Waals surface area (Å²) in [5.74, 6) is 0.789. The van der Waals surface area contributed by atoms with Crippen LogP contribution in [-0.2, 0) is 16.4 Å². The normalized spacial score (nSPS) is 11.7. The number of aryl methyl sites for hydroxylation is 1. The summed E-state index contributed by atoms with van der Waals surface area (Å²) in [5.41, 5.74) is 6.95. The molecular weight excluding hydrogens is 416 g/mol. The van der Waals surface area contributed by atoms with Gasteiger partial charge in [-0.05, 0) is 60.5 Å². The third-order valence-electron chi connectivity index (χ3n) is 4.22. The monoisotopic (exact) mass is 444 g/mol. The number of aromatic hydroxyl groups is 1. The van der Waals surface area contributed by atoms with Crippen LogP contribution in [0.25, 0.3) is 0 Å². The number of nitrogens with one attached hydrogen (secondary N) is 1. The number of benzene rings is 3. The maximum atomic E-state index is 12.0. The Morgan fingerprint density at radius 3 is 2.13 bits per heavy atom. The number of aliphatic hydroxyl groups excluding tert-OH is 1. The van der Waals surface area contributed by atoms with E-state index < -0.39 is 16.1 Å². The van der Waals surface area contributed by atoms with Crippen LogP contribution in [0.1, 0.15) is 12.5 Å². The zero-order chi connectivity index (χ0) is 22.7. The second-order valence-electron chi connectivity index (χ2n) is 6.66. The van der Waals surface area contributed by atoms with Gasteiger partial charge >= 0.3 is 0 Å². The number of anilines is 1. The first kappa shape index (κ1) is 24.2. The average molecular weight is 445 g/mol. The molecule has 1 unspecified atom stereocenters. The van der Waals surface area contributed by atoms with Crippen LogP contribution >= 0.6 is 0 Å². The molecule has 8 heteroatoms. The van der Waals surface area contributed by atoms with Crippen molar-refractivity contribution >= 4 is 15.7 Å². The summed E-state index contributed by atoms with van der Waals surface area (Å²) < 4.78 is 31.8. The van der Waals surface area contributed by atoms with Crippen LogP contribution in [0.5, 0.6) is 11.5 Å². The number of rotatable bonds is 8. The summed E-state index contributed by atoms with van der Waals surface area (Å²) in [4.78, 5) is 0.268. The molecular formula is C23H28N2O5S. The molecule has 0 saturated carbocycles. The summed E-state index contributed by atoms with van der Waals surface area (Å²) in [5, 5.41) is 18.0. The summed E-state index contributed by atoms with van der Waals surface area (Å²) in [6.45, 7) is 2.41. The molecule has 0 aliphatic rings. The molecule has 3 aromatic carbocycles. The highest BCUT2D eigenvalue weighted by molar-refractivity contribution is 7.92. The minimum atomic E-state index is -3.48.